The van der Waals surface area contributed by atoms with Crippen LogP contribution in [0.1, 0.15) is 26.3 Å². The van der Waals surface area contributed by atoms with Crippen LogP contribution in [0.25, 0.3) is 0 Å². The summed E-state index contributed by atoms with van der Waals surface area (Å²) in [6.45, 7) is 1.86. The molecule has 0 saturated heterocycles. The number of benzene rings is 1. The van der Waals surface area contributed by atoms with Crippen molar-refractivity contribution in [3.8, 4) is 0 Å². The summed E-state index contributed by atoms with van der Waals surface area (Å²) < 4.78 is 0. The lowest BCUT2D eigenvalue weighted by Gasteiger charge is -2.12. The van der Waals surface area contributed by atoms with Gasteiger partial charge in [0.15, 0.2) is 0 Å². The highest BCUT2D eigenvalue weighted by Crippen LogP contribution is 2.19. The summed E-state index contributed by atoms with van der Waals surface area (Å²) >= 11 is 0. The van der Waals surface area contributed by atoms with Gasteiger partial charge < -0.3 is 10.6 Å². The van der Waals surface area contributed by atoms with Gasteiger partial charge in [-0.2, -0.15) is 0 Å². The summed E-state index contributed by atoms with van der Waals surface area (Å²) in [5.74, 6) is -0.188. The molecule has 0 spiro atoms. The standard InChI is InChI=1S/C19H16N4O2/c1-13-6-4-11-21-17(13)23-19(25)15-8-2-3-9-16(15)22-18(24)14-7-5-10-20-12-14/h2-12H,1H3,(H,22,24)(H,21,23,25). The molecule has 2 amide bonds. The Hall–Kier alpha value is -3.54. The average molecular weight is 332 g/mol. The second-order valence-corrected chi connectivity index (χ2v) is 5.36. The molecule has 0 aliphatic heterocycles. The third kappa shape index (κ3) is 3.87. The minimum atomic E-state index is -0.344. The van der Waals surface area contributed by atoms with Crippen molar-refractivity contribution in [2.24, 2.45) is 0 Å². The minimum absolute atomic E-state index is 0.331. The summed E-state index contributed by atoms with van der Waals surface area (Å²) in [5.41, 5.74) is 2.04. The molecule has 0 radical (unpaired) electrons. The molecule has 2 aromatic heterocycles. The summed E-state index contributed by atoms with van der Waals surface area (Å²) in [4.78, 5) is 33.0. The Morgan fingerprint density at radius 3 is 2.44 bits per heavy atom. The minimum Gasteiger partial charge on any atom is -0.321 e. The molecule has 25 heavy (non-hydrogen) atoms. The van der Waals surface area contributed by atoms with E-state index in [1.807, 2.05) is 13.0 Å². The van der Waals surface area contributed by atoms with Gasteiger partial charge in [0.1, 0.15) is 5.82 Å². The highest BCUT2D eigenvalue weighted by Gasteiger charge is 2.15. The quantitative estimate of drug-likeness (QED) is 0.768. The molecule has 0 aliphatic rings. The van der Waals surface area contributed by atoms with Crippen molar-refractivity contribution in [3.05, 3.63) is 83.8 Å². The molecule has 0 fully saturated rings. The van der Waals surface area contributed by atoms with Crippen molar-refractivity contribution in [3.63, 3.8) is 0 Å². The third-order valence-electron chi connectivity index (χ3n) is 3.58. The first-order valence-corrected chi connectivity index (χ1v) is 7.68. The van der Waals surface area contributed by atoms with Gasteiger partial charge in [-0.15, -0.1) is 0 Å². The van der Waals surface area contributed by atoms with Crippen LogP contribution < -0.4 is 10.6 Å². The molecule has 0 aliphatic carbocycles. The third-order valence-corrected chi connectivity index (χ3v) is 3.58. The SMILES string of the molecule is Cc1cccnc1NC(=O)c1ccccc1NC(=O)c1cccnc1. The van der Waals surface area contributed by atoms with Crippen LogP contribution in [0.2, 0.25) is 0 Å². The Morgan fingerprint density at radius 2 is 1.68 bits per heavy atom. The van der Waals surface area contributed by atoms with Crippen molar-refractivity contribution in [1.82, 2.24) is 9.97 Å². The highest BCUT2D eigenvalue weighted by molar-refractivity contribution is 6.12. The summed E-state index contributed by atoms with van der Waals surface area (Å²) in [7, 11) is 0. The Bertz CT molecular complexity index is 910. The molecule has 124 valence electrons. The number of carbonyl (C=O) groups is 2. The Balaban J connectivity index is 1.82. The monoisotopic (exact) mass is 332 g/mol. The zero-order valence-electron chi connectivity index (χ0n) is 13.6. The number of para-hydroxylation sites is 1. The molecule has 0 bridgehead atoms. The zero-order valence-corrected chi connectivity index (χ0v) is 13.6. The van der Waals surface area contributed by atoms with E-state index in [-0.39, 0.29) is 11.8 Å². The number of hydrogen-bond donors (Lipinski definition) is 2. The van der Waals surface area contributed by atoms with Crippen LogP contribution in [0.3, 0.4) is 0 Å². The fourth-order valence-electron chi connectivity index (χ4n) is 2.27. The molecule has 2 N–H and O–H groups in total. The predicted molar refractivity (Wildman–Crippen MR) is 95.6 cm³/mol. The van der Waals surface area contributed by atoms with Gasteiger partial charge in [0.05, 0.1) is 16.8 Å². The number of nitrogens with one attached hydrogen (secondary N) is 2. The molecule has 6 heteroatoms. The van der Waals surface area contributed by atoms with E-state index < -0.39 is 0 Å². The number of pyridine rings is 2. The van der Waals surface area contributed by atoms with Gasteiger partial charge in [-0.3, -0.25) is 14.6 Å². The predicted octanol–water partition coefficient (Wildman–Crippen LogP) is 3.29. The number of hydrogen-bond acceptors (Lipinski definition) is 4. The molecule has 0 unspecified atom stereocenters. The van der Waals surface area contributed by atoms with E-state index in [1.165, 1.54) is 6.20 Å². The second-order valence-electron chi connectivity index (χ2n) is 5.36. The maximum atomic E-state index is 12.6. The van der Waals surface area contributed by atoms with E-state index >= 15 is 0 Å². The molecule has 1 aromatic carbocycles. The van der Waals surface area contributed by atoms with Crippen LogP contribution in [-0.2, 0) is 0 Å². The fraction of sp³-hybridized carbons (Fsp3) is 0.0526. The van der Waals surface area contributed by atoms with Crippen LogP contribution in [0.4, 0.5) is 11.5 Å². The van der Waals surface area contributed by atoms with Crippen LogP contribution >= 0.6 is 0 Å². The van der Waals surface area contributed by atoms with Crippen molar-refractivity contribution >= 4 is 23.3 Å². The number of aromatic nitrogens is 2. The molecule has 0 saturated carbocycles. The summed E-state index contributed by atoms with van der Waals surface area (Å²) in [6.07, 6.45) is 4.67. The number of anilines is 2. The number of aryl methyl sites for hydroxylation is 1. The number of carbonyl (C=O) groups excluding carboxylic acids is 2. The van der Waals surface area contributed by atoms with E-state index in [1.54, 1.807) is 54.9 Å². The van der Waals surface area contributed by atoms with E-state index in [9.17, 15) is 9.59 Å². The smallest absolute Gasteiger partial charge is 0.258 e. The Kier molecular flexibility index (Phi) is 4.80. The average Bonchev–Trinajstić information content (AvgIpc) is 2.64. The molecular formula is C19H16N4O2. The van der Waals surface area contributed by atoms with Crippen molar-refractivity contribution in [1.29, 1.82) is 0 Å². The first-order chi connectivity index (χ1) is 12.1. The van der Waals surface area contributed by atoms with Gasteiger partial charge in [0, 0.05) is 18.6 Å². The van der Waals surface area contributed by atoms with Gasteiger partial charge >= 0.3 is 0 Å². The van der Waals surface area contributed by atoms with Crippen molar-refractivity contribution in [2.75, 3.05) is 10.6 Å². The second kappa shape index (κ2) is 7.35. The Labute approximate surface area is 145 Å². The van der Waals surface area contributed by atoms with Crippen molar-refractivity contribution < 1.29 is 9.59 Å². The van der Waals surface area contributed by atoms with Crippen molar-refractivity contribution in [2.45, 2.75) is 6.92 Å². The Morgan fingerprint density at radius 1 is 0.880 bits per heavy atom. The molecule has 6 nitrogen and oxygen atoms in total. The van der Waals surface area contributed by atoms with E-state index in [4.69, 9.17) is 0 Å². The van der Waals surface area contributed by atoms with E-state index in [2.05, 4.69) is 20.6 Å². The highest BCUT2D eigenvalue weighted by atomic mass is 16.2. The fourth-order valence-corrected chi connectivity index (χ4v) is 2.27. The number of rotatable bonds is 4. The van der Waals surface area contributed by atoms with Crippen LogP contribution in [-0.4, -0.2) is 21.8 Å². The van der Waals surface area contributed by atoms with Crippen LogP contribution in [0.15, 0.2) is 67.1 Å². The lowest BCUT2D eigenvalue weighted by Crippen LogP contribution is -2.19. The maximum absolute atomic E-state index is 12.6. The molecule has 3 aromatic rings. The topological polar surface area (TPSA) is 84.0 Å². The van der Waals surface area contributed by atoms with Crippen LogP contribution in [0.5, 0.6) is 0 Å². The summed E-state index contributed by atoms with van der Waals surface area (Å²) in [5, 5.41) is 5.51. The number of nitrogens with zero attached hydrogens (tertiary/aromatic N) is 2. The first kappa shape index (κ1) is 16.3. The summed E-state index contributed by atoms with van der Waals surface area (Å²) in [6, 6.07) is 13.8. The van der Waals surface area contributed by atoms with Gasteiger partial charge in [0.25, 0.3) is 11.8 Å². The molecule has 3 rings (SSSR count). The molecular weight excluding hydrogens is 316 g/mol. The zero-order chi connectivity index (χ0) is 17.6. The van der Waals surface area contributed by atoms with Gasteiger partial charge in [0.2, 0.25) is 0 Å². The maximum Gasteiger partial charge on any atom is 0.258 e. The largest absolute Gasteiger partial charge is 0.321 e. The van der Waals surface area contributed by atoms with Gasteiger partial charge in [-0.25, -0.2) is 4.98 Å². The molecule has 2 heterocycles. The van der Waals surface area contributed by atoms with E-state index in [0.29, 0.717) is 22.6 Å². The number of amides is 2. The van der Waals surface area contributed by atoms with Crippen LogP contribution in [0, 0.1) is 6.92 Å². The lowest BCUT2D eigenvalue weighted by atomic mass is 10.1. The lowest BCUT2D eigenvalue weighted by molar-refractivity contribution is 0.102. The normalized spacial score (nSPS) is 10.1. The molecule has 0 atom stereocenters. The first-order valence-electron chi connectivity index (χ1n) is 7.68. The van der Waals surface area contributed by atoms with Gasteiger partial charge in [-0.05, 0) is 42.8 Å². The van der Waals surface area contributed by atoms with Gasteiger partial charge in [-0.1, -0.05) is 18.2 Å². The van der Waals surface area contributed by atoms with E-state index in [0.717, 1.165) is 5.56 Å².